The van der Waals surface area contributed by atoms with E-state index < -0.39 is 5.97 Å². The van der Waals surface area contributed by atoms with Crippen LogP contribution in [0.25, 0.3) is 5.69 Å². The van der Waals surface area contributed by atoms with E-state index in [1.54, 1.807) is 35.1 Å². The van der Waals surface area contributed by atoms with E-state index >= 15 is 0 Å². The van der Waals surface area contributed by atoms with Gasteiger partial charge in [-0.3, -0.25) is 4.79 Å². The van der Waals surface area contributed by atoms with Gasteiger partial charge < -0.3 is 15.5 Å². The van der Waals surface area contributed by atoms with Gasteiger partial charge in [-0.2, -0.15) is 5.10 Å². The fourth-order valence-electron chi connectivity index (χ4n) is 3.00. The van der Waals surface area contributed by atoms with Gasteiger partial charge in [0, 0.05) is 18.3 Å². The first-order valence-electron chi connectivity index (χ1n) is 8.61. The van der Waals surface area contributed by atoms with Crippen molar-refractivity contribution in [2.24, 2.45) is 0 Å². The number of phenols is 1. The van der Waals surface area contributed by atoms with Gasteiger partial charge in [-0.15, -0.1) is 0 Å². The minimum atomic E-state index is -0.949. The van der Waals surface area contributed by atoms with E-state index in [4.69, 9.17) is 0 Å². The molecule has 136 valence electrons. The Hall–Kier alpha value is -3.09. The summed E-state index contributed by atoms with van der Waals surface area (Å²) in [5.74, 6) is -0.941. The number of hydrogen-bond acceptors (Lipinski definition) is 4. The fourth-order valence-corrected chi connectivity index (χ4v) is 3.00. The molecule has 1 amide bonds. The number of allylic oxidation sites excluding steroid dienone is 1. The second-order valence-electron chi connectivity index (χ2n) is 6.33. The fraction of sp³-hybridized carbons (Fsp3) is 0.316. The van der Waals surface area contributed by atoms with Crippen molar-refractivity contribution >= 4 is 11.9 Å². The molecule has 3 rings (SSSR count). The molecule has 2 aromatic rings. The zero-order chi connectivity index (χ0) is 18.5. The van der Waals surface area contributed by atoms with E-state index in [2.05, 4.69) is 10.4 Å². The molecule has 3 N–H and O–H groups in total. The third kappa shape index (κ3) is 4.30. The SMILES string of the molecule is O=C(CCc1cnn(-c2ccc(O)cc2)c1)NC1=C(C(=O)O)CCCC1. The Morgan fingerprint density at radius 2 is 1.88 bits per heavy atom. The smallest absolute Gasteiger partial charge is 0.333 e. The Balaban J connectivity index is 1.58. The number of aliphatic carboxylic acids is 1. The first-order chi connectivity index (χ1) is 12.5. The largest absolute Gasteiger partial charge is 0.508 e. The van der Waals surface area contributed by atoms with E-state index in [0.29, 0.717) is 30.5 Å². The molecule has 1 aliphatic rings. The van der Waals surface area contributed by atoms with Crippen LogP contribution in [0.15, 0.2) is 47.9 Å². The second kappa shape index (κ2) is 7.86. The summed E-state index contributed by atoms with van der Waals surface area (Å²) in [6.07, 6.45) is 7.15. The van der Waals surface area contributed by atoms with Gasteiger partial charge in [0.1, 0.15) is 5.75 Å². The molecule has 0 saturated carbocycles. The molecule has 0 bridgehead atoms. The number of carbonyl (C=O) groups is 2. The van der Waals surface area contributed by atoms with E-state index in [1.807, 2.05) is 6.20 Å². The molecule has 0 fully saturated rings. The van der Waals surface area contributed by atoms with Crippen LogP contribution in [0.5, 0.6) is 5.75 Å². The number of benzene rings is 1. The number of aromatic nitrogens is 2. The molecule has 0 atom stereocenters. The predicted molar refractivity (Wildman–Crippen MR) is 94.8 cm³/mol. The van der Waals surface area contributed by atoms with Crippen LogP contribution in [-0.4, -0.2) is 31.9 Å². The third-order valence-electron chi connectivity index (χ3n) is 4.41. The van der Waals surface area contributed by atoms with E-state index in [0.717, 1.165) is 24.1 Å². The summed E-state index contributed by atoms with van der Waals surface area (Å²) in [5, 5.41) is 25.6. The molecule has 1 aromatic heterocycles. The van der Waals surface area contributed by atoms with Crippen molar-refractivity contribution in [3.05, 3.63) is 53.5 Å². The number of phenolic OH excluding ortho intramolecular Hbond substituents is 1. The number of aryl methyl sites for hydroxylation is 1. The monoisotopic (exact) mass is 355 g/mol. The first-order valence-corrected chi connectivity index (χ1v) is 8.61. The summed E-state index contributed by atoms with van der Waals surface area (Å²) in [4.78, 5) is 23.4. The number of rotatable bonds is 6. The summed E-state index contributed by atoms with van der Waals surface area (Å²) < 4.78 is 1.68. The summed E-state index contributed by atoms with van der Waals surface area (Å²) in [5.41, 5.74) is 2.60. The van der Waals surface area contributed by atoms with Gasteiger partial charge in [0.15, 0.2) is 0 Å². The predicted octanol–water partition coefficient (Wildman–Crippen LogP) is 2.54. The Morgan fingerprint density at radius 3 is 2.62 bits per heavy atom. The lowest BCUT2D eigenvalue weighted by Crippen LogP contribution is -2.27. The van der Waals surface area contributed by atoms with Crippen LogP contribution in [0.1, 0.15) is 37.7 Å². The number of hydrogen-bond donors (Lipinski definition) is 3. The molecule has 1 aliphatic carbocycles. The van der Waals surface area contributed by atoms with E-state index in [1.165, 1.54) is 0 Å². The Kier molecular flexibility index (Phi) is 5.36. The summed E-state index contributed by atoms with van der Waals surface area (Å²) >= 11 is 0. The highest BCUT2D eigenvalue weighted by Gasteiger charge is 2.20. The number of carbonyl (C=O) groups excluding carboxylic acids is 1. The van der Waals surface area contributed by atoms with Gasteiger partial charge in [-0.25, -0.2) is 9.48 Å². The molecule has 0 radical (unpaired) electrons. The maximum atomic E-state index is 12.2. The maximum Gasteiger partial charge on any atom is 0.333 e. The molecule has 0 aliphatic heterocycles. The number of carboxylic acid groups (broad SMARTS) is 1. The Bertz CT molecular complexity index is 837. The minimum Gasteiger partial charge on any atom is -0.508 e. The van der Waals surface area contributed by atoms with E-state index in [-0.39, 0.29) is 18.1 Å². The van der Waals surface area contributed by atoms with Gasteiger partial charge in [0.2, 0.25) is 5.91 Å². The van der Waals surface area contributed by atoms with Crippen molar-refractivity contribution in [2.75, 3.05) is 0 Å². The average Bonchev–Trinajstić information content (AvgIpc) is 3.10. The second-order valence-corrected chi connectivity index (χ2v) is 6.33. The summed E-state index contributed by atoms with van der Waals surface area (Å²) in [6, 6.07) is 6.67. The minimum absolute atomic E-state index is 0.182. The van der Waals surface area contributed by atoms with Crippen molar-refractivity contribution in [1.82, 2.24) is 15.1 Å². The van der Waals surface area contributed by atoms with Gasteiger partial charge in [0.05, 0.1) is 17.5 Å². The van der Waals surface area contributed by atoms with Gasteiger partial charge in [0.25, 0.3) is 0 Å². The molecule has 0 spiro atoms. The van der Waals surface area contributed by atoms with Gasteiger partial charge >= 0.3 is 5.97 Å². The molecular formula is C19H21N3O4. The zero-order valence-corrected chi connectivity index (χ0v) is 14.3. The maximum absolute atomic E-state index is 12.2. The zero-order valence-electron chi connectivity index (χ0n) is 14.3. The molecule has 0 saturated heterocycles. The quantitative estimate of drug-likeness (QED) is 0.739. The Morgan fingerprint density at radius 1 is 1.15 bits per heavy atom. The topological polar surface area (TPSA) is 104 Å². The molecule has 0 unspecified atom stereocenters. The Labute approximate surface area is 151 Å². The van der Waals surface area contributed by atoms with Crippen LogP contribution in [0.3, 0.4) is 0 Å². The van der Waals surface area contributed by atoms with Crippen LogP contribution in [-0.2, 0) is 16.0 Å². The number of aromatic hydroxyl groups is 1. The average molecular weight is 355 g/mol. The first kappa shape index (κ1) is 17.7. The third-order valence-corrected chi connectivity index (χ3v) is 4.41. The molecule has 7 nitrogen and oxygen atoms in total. The van der Waals surface area contributed by atoms with Crippen molar-refractivity contribution in [3.8, 4) is 11.4 Å². The van der Waals surface area contributed by atoms with Crippen LogP contribution >= 0.6 is 0 Å². The van der Waals surface area contributed by atoms with Crippen molar-refractivity contribution in [1.29, 1.82) is 0 Å². The number of nitrogens with zero attached hydrogens (tertiary/aromatic N) is 2. The van der Waals surface area contributed by atoms with Gasteiger partial charge in [-0.05, 0) is 61.9 Å². The van der Waals surface area contributed by atoms with Crippen molar-refractivity contribution in [3.63, 3.8) is 0 Å². The highest BCUT2D eigenvalue weighted by atomic mass is 16.4. The highest BCUT2D eigenvalue weighted by molar-refractivity contribution is 5.89. The van der Waals surface area contributed by atoms with Crippen molar-refractivity contribution in [2.45, 2.75) is 38.5 Å². The molecule has 7 heteroatoms. The van der Waals surface area contributed by atoms with Gasteiger partial charge in [-0.1, -0.05) is 0 Å². The lowest BCUT2D eigenvalue weighted by molar-refractivity contribution is -0.133. The normalized spacial score (nSPS) is 14.3. The van der Waals surface area contributed by atoms with Crippen LogP contribution < -0.4 is 5.32 Å². The molecular weight excluding hydrogens is 334 g/mol. The summed E-state index contributed by atoms with van der Waals surface area (Å²) in [7, 11) is 0. The van der Waals surface area contributed by atoms with Crippen LogP contribution in [0.2, 0.25) is 0 Å². The number of nitrogens with one attached hydrogen (secondary N) is 1. The van der Waals surface area contributed by atoms with Crippen LogP contribution in [0.4, 0.5) is 0 Å². The number of carboxylic acids is 1. The van der Waals surface area contributed by atoms with E-state index in [9.17, 15) is 19.8 Å². The molecule has 1 heterocycles. The lowest BCUT2D eigenvalue weighted by Gasteiger charge is -2.18. The standard InChI is InChI=1S/C19H21N3O4/c23-15-8-6-14(7-9-15)22-12-13(11-20-22)5-10-18(24)21-17-4-2-1-3-16(17)19(25)26/h6-9,11-12,23H,1-5,10H2,(H,21,24)(H,25,26). The van der Waals surface area contributed by atoms with Crippen molar-refractivity contribution < 1.29 is 19.8 Å². The highest BCUT2D eigenvalue weighted by Crippen LogP contribution is 2.23. The number of amides is 1. The van der Waals surface area contributed by atoms with Crippen LogP contribution in [0, 0.1) is 0 Å². The summed E-state index contributed by atoms with van der Waals surface area (Å²) in [6.45, 7) is 0. The molecule has 26 heavy (non-hydrogen) atoms. The lowest BCUT2D eigenvalue weighted by atomic mass is 9.96. The molecule has 1 aromatic carbocycles.